The first-order chi connectivity index (χ1) is 6.69. The molecule has 0 aromatic heterocycles. The summed E-state index contributed by atoms with van der Waals surface area (Å²) in [5.41, 5.74) is 1.47. The lowest BCUT2D eigenvalue weighted by Gasteiger charge is -2.26. The minimum absolute atomic E-state index is 0.173. The van der Waals surface area contributed by atoms with Crippen LogP contribution in [0.2, 0.25) is 5.02 Å². The molecular formula is C12H14ClN. The molecule has 1 fully saturated rings. The largest absolute Gasteiger partial charge is 0.371 e. The van der Waals surface area contributed by atoms with Crippen LogP contribution in [-0.4, -0.2) is 11.9 Å². The number of halogens is 1. The molecule has 74 valence electrons. The van der Waals surface area contributed by atoms with Crippen LogP contribution in [0.4, 0.5) is 0 Å². The van der Waals surface area contributed by atoms with Gasteiger partial charge in [0.2, 0.25) is 0 Å². The molecule has 2 rings (SSSR count). The Morgan fingerprint density at radius 3 is 2.71 bits per heavy atom. The van der Waals surface area contributed by atoms with E-state index < -0.39 is 0 Å². The van der Waals surface area contributed by atoms with Crippen LogP contribution in [0, 0.1) is 0 Å². The SMILES string of the molecule is C=CN(C)C1(c2cccc(Cl)c2)CC1. The minimum Gasteiger partial charge on any atom is -0.371 e. The molecule has 0 N–H and O–H groups in total. The predicted molar refractivity (Wildman–Crippen MR) is 60.3 cm³/mol. The lowest BCUT2D eigenvalue weighted by atomic mass is 10.0. The maximum atomic E-state index is 5.98. The van der Waals surface area contributed by atoms with Crippen LogP contribution < -0.4 is 0 Å². The molecule has 0 radical (unpaired) electrons. The standard InChI is InChI=1S/C12H14ClN/c1-3-14(2)12(7-8-12)10-5-4-6-11(13)9-10/h3-6,9H,1,7-8H2,2H3. The summed E-state index contributed by atoms with van der Waals surface area (Å²) < 4.78 is 0. The molecule has 1 saturated carbocycles. The van der Waals surface area contributed by atoms with Crippen molar-refractivity contribution in [2.24, 2.45) is 0 Å². The Hall–Kier alpha value is -0.950. The Morgan fingerprint density at radius 2 is 2.21 bits per heavy atom. The highest BCUT2D eigenvalue weighted by atomic mass is 35.5. The molecule has 1 aliphatic rings. The van der Waals surface area contributed by atoms with E-state index in [1.165, 1.54) is 18.4 Å². The minimum atomic E-state index is 0.173. The lowest BCUT2D eigenvalue weighted by Crippen LogP contribution is -2.26. The van der Waals surface area contributed by atoms with E-state index >= 15 is 0 Å². The van der Waals surface area contributed by atoms with E-state index in [0.717, 1.165) is 5.02 Å². The van der Waals surface area contributed by atoms with Gasteiger partial charge in [-0.2, -0.15) is 0 Å². The van der Waals surface area contributed by atoms with Crippen LogP contribution in [0.15, 0.2) is 37.0 Å². The predicted octanol–water partition coefficient (Wildman–Crippen LogP) is 3.40. The quantitative estimate of drug-likeness (QED) is 0.735. The third-order valence-electron chi connectivity index (χ3n) is 3.03. The highest BCUT2D eigenvalue weighted by molar-refractivity contribution is 6.30. The summed E-state index contributed by atoms with van der Waals surface area (Å²) in [6.07, 6.45) is 4.26. The molecule has 0 saturated heterocycles. The smallest absolute Gasteiger partial charge is 0.0647 e. The fourth-order valence-electron chi connectivity index (χ4n) is 1.92. The van der Waals surface area contributed by atoms with Crippen LogP contribution in [-0.2, 0) is 5.54 Å². The summed E-state index contributed by atoms with van der Waals surface area (Å²) in [4.78, 5) is 2.18. The van der Waals surface area contributed by atoms with Crippen molar-refractivity contribution in [2.45, 2.75) is 18.4 Å². The van der Waals surface area contributed by atoms with Gasteiger partial charge in [-0.3, -0.25) is 0 Å². The molecule has 0 atom stereocenters. The maximum Gasteiger partial charge on any atom is 0.0647 e. The van der Waals surface area contributed by atoms with Gasteiger partial charge >= 0.3 is 0 Å². The molecule has 0 unspecified atom stereocenters. The highest BCUT2D eigenvalue weighted by Gasteiger charge is 2.46. The fraction of sp³-hybridized carbons (Fsp3) is 0.333. The third kappa shape index (κ3) is 1.42. The van der Waals surface area contributed by atoms with Crippen molar-refractivity contribution in [1.82, 2.24) is 4.90 Å². The Bertz CT molecular complexity index is 355. The number of nitrogens with zero attached hydrogens (tertiary/aromatic N) is 1. The normalized spacial score (nSPS) is 17.6. The van der Waals surface area contributed by atoms with E-state index in [-0.39, 0.29) is 5.54 Å². The zero-order chi connectivity index (χ0) is 10.2. The average Bonchev–Trinajstić information content (AvgIpc) is 2.97. The van der Waals surface area contributed by atoms with E-state index in [2.05, 4.69) is 30.7 Å². The number of rotatable bonds is 3. The Labute approximate surface area is 90.0 Å². The molecule has 0 amide bonds. The first kappa shape index (κ1) is 9.60. The summed E-state index contributed by atoms with van der Waals surface area (Å²) in [7, 11) is 2.07. The fourth-order valence-corrected chi connectivity index (χ4v) is 2.11. The van der Waals surface area contributed by atoms with Crippen LogP contribution >= 0.6 is 11.6 Å². The Balaban J connectivity index is 2.35. The Morgan fingerprint density at radius 1 is 1.50 bits per heavy atom. The highest BCUT2D eigenvalue weighted by Crippen LogP contribution is 2.50. The van der Waals surface area contributed by atoms with Gasteiger partial charge in [0.25, 0.3) is 0 Å². The molecule has 14 heavy (non-hydrogen) atoms. The van der Waals surface area contributed by atoms with Gasteiger partial charge in [-0.1, -0.05) is 30.3 Å². The maximum absolute atomic E-state index is 5.98. The van der Waals surface area contributed by atoms with Crippen LogP contribution in [0.5, 0.6) is 0 Å². The lowest BCUT2D eigenvalue weighted by molar-refractivity contribution is 0.314. The second-order valence-corrected chi connectivity index (χ2v) is 4.27. The molecule has 1 nitrogen and oxygen atoms in total. The molecule has 2 heteroatoms. The average molecular weight is 208 g/mol. The van der Waals surface area contributed by atoms with Crippen molar-refractivity contribution in [2.75, 3.05) is 7.05 Å². The van der Waals surface area contributed by atoms with Crippen LogP contribution in [0.3, 0.4) is 0 Å². The van der Waals surface area contributed by atoms with E-state index in [9.17, 15) is 0 Å². The molecule has 0 spiro atoms. The van der Waals surface area contributed by atoms with Gasteiger partial charge in [0, 0.05) is 12.1 Å². The van der Waals surface area contributed by atoms with Crippen molar-refractivity contribution in [3.63, 3.8) is 0 Å². The van der Waals surface area contributed by atoms with Gasteiger partial charge < -0.3 is 4.90 Å². The van der Waals surface area contributed by atoms with Gasteiger partial charge in [-0.25, -0.2) is 0 Å². The zero-order valence-corrected chi connectivity index (χ0v) is 9.09. The molecule has 0 bridgehead atoms. The summed E-state index contributed by atoms with van der Waals surface area (Å²) in [5, 5.41) is 0.811. The summed E-state index contributed by atoms with van der Waals surface area (Å²) >= 11 is 5.98. The van der Waals surface area contributed by atoms with Crippen LogP contribution in [0.25, 0.3) is 0 Å². The number of hydrogen-bond donors (Lipinski definition) is 0. The first-order valence-corrected chi connectivity index (χ1v) is 5.18. The second-order valence-electron chi connectivity index (χ2n) is 3.84. The van der Waals surface area contributed by atoms with E-state index in [1.54, 1.807) is 0 Å². The van der Waals surface area contributed by atoms with Gasteiger partial charge in [0.15, 0.2) is 0 Å². The Kier molecular flexibility index (Phi) is 2.28. The first-order valence-electron chi connectivity index (χ1n) is 4.80. The van der Waals surface area contributed by atoms with Gasteiger partial charge in [0.05, 0.1) is 5.54 Å². The summed E-state index contributed by atoms with van der Waals surface area (Å²) in [6.45, 7) is 3.81. The van der Waals surface area contributed by atoms with Crippen molar-refractivity contribution in [3.05, 3.63) is 47.6 Å². The van der Waals surface area contributed by atoms with Crippen molar-refractivity contribution >= 4 is 11.6 Å². The summed E-state index contributed by atoms with van der Waals surface area (Å²) in [6, 6.07) is 8.11. The number of benzene rings is 1. The topological polar surface area (TPSA) is 3.24 Å². The molecule has 0 heterocycles. The van der Waals surface area contributed by atoms with Crippen molar-refractivity contribution < 1.29 is 0 Å². The molecule has 1 aromatic carbocycles. The summed E-state index contributed by atoms with van der Waals surface area (Å²) in [5.74, 6) is 0. The van der Waals surface area contributed by atoms with Crippen molar-refractivity contribution in [3.8, 4) is 0 Å². The van der Waals surface area contributed by atoms with E-state index in [0.29, 0.717) is 0 Å². The molecule has 1 aliphatic carbocycles. The monoisotopic (exact) mass is 207 g/mol. The van der Waals surface area contributed by atoms with Gasteiger partial charge in [0.1, 0.15) is 0 Å². The number of hydrogen-bond acceptors (Lipinski definition) is 1. The second kappa shape index (κ2) is 3.32. The zero-order valence-electron chi connectivity index (χ0n) is 8.33. The molecule has 1 aromatic rings. The third-order valence-corrected chi connectivity index (χ3v) is 3.27. The van der Waals surface area contributed by atoms with Gasteiger partial charge in [-0.05, 0) is 36.7 Å². The molecule has 0 aliphatic heterocycles. The molecular weight excluding hydrogens is 194 g/mol. The van der Waals surface area contributed by atoms with E-state index in [1.807, 2.05) is 18.3 Å². The van der Waals surface area contributed by atoms with Gasteiger partial charge in [-0.15, -0.1) is 0 Å². The van der Waals surface area contributed by atoms with Crippen LogP contribution in [0.1, 0.15) is 18.4 Å². The van der Waals surface area contributed by atoms with Crippen molar-refractivity contribution in [1.29, 1.82) is 0 Å². The van der Waals surface area contributed by atoms with E-state index in [4.69, 9.17) is 11.6 Å².